The Bertz CT molecular complexity index is 817. The number of aromatic nitrogens is 3. The highest BCUT2D eigenvalue weighted by molar-refractivity contribution is 5.73. The van der Waals surface area contributed by atoms with Crippen molar-refractivity contribution in [3.05, 3.63) is 42.4 Å². The molecule has 2 aromatic heterocycles. The number of hydrogen-bond acceptors (Lipinski definition) is 4. The molecule has 4 rings (SSSR count). The van der Waals surface area contributed by atoms with Crippen molar-refractivity contribution in [2.45, 2.75) is 25.8 Å². The summed E-state index contributed by atoms with van der Waals surface area (Å²) in [4.78, 5) is 9.02. The van der Waals surface area contributed by atoms with Crippen molar-refractivity contribution in [2.75, 3.05) is 11.1 Å². The molecule has 0 atom stereocenters. The van der Waals surface area contributed by atoms with Gasteiger partial charge in [-0.25, -0.2) is 9.97 Å². The van der Waals surface area contributed by atoms with Gasteiger partial charge in [-0.2, -0.15) is 0 Å². The third kappa shape index (κ3) is 2.11. The quantitative estimate of drug-likeness (QED) is 0.723. The molecule has 0 aliphatic heterocycles. The second kappa shape index (κ2) is 4.48. The first kappa shape index (κ1) is 12.2. The highest BCUT2D eigenvalue weighted by Gasteiger charge is 2.23. The molecule has 0 radical (unpaired) electrons. The standard InChI is InChI=1S/C16H17N5/c1-10-8-11(17)2-5-13(10)14-9-19-15(20-12-3-4-12)16-18-6-7-21(14)16/h2,5-9,12H,3-4,17H2,1H3,(H,19,20). The summed E-state index contributed by atoms with van der Waals surface area (Å²) < 4.78 is 2.08. The first-order chi connectivity index (χ1) is 10.2. The Morgan fingerprint density at radius 3 is 2.90 bits per heavy atom. The Morgan fingerprint density at radius 2 is 2.14 bits per heavy atom. The molecule has 3 aromatic rings. The van der Waals surface area contributed by atoms with Gasteiger partial charge in [-0.05, 0) is 37.5 Å². The van der Waals surface area contributed by atoms with Crippen molar-refractivity contribution in [3.63, 3.8) is 0 Å². The molecule has 21 heavy (non-hydrogen) atoms. The highest BCUT2D eigenvalue weighted by atomic mass is 15.1. The molecule has 1 fully saturated rings. The molecule has 0 spiro atoms. The summed E-state index contributed by atoms with van der Waals surface area (Å²) in [6.45, 7) is 2.06. The number of aryl methyl sites for hydroxylation is 1. The Hall–Kier alpha value is -2.56. The lowest BCUT2D eigenvalue weighted by molar-refractivity contribution is 1.07. The number of imidazole rings is 1. The van der Waals surface area contributed by atoms with E-state index < -0.39 is 0 Å². The molecule has 2 heterocycles. The predicted molar refractivity (Wildman–Crippen MR) is 84.2 cm³/mol. The lowest BCUT2D eigenvalue weighted by Crippen LogP contribution is -2.06. The zero-order chi connectivity index (χ0) is 14.4. The van der Waals surface area contributed by atoms with Crippen LogP contribution in [0.4, 0.5) is 11.5 Å². The van der Waals surface area contributed by atoms with Crippen LogP contribution in [0.15, 0.2) is 36.8 Å². The summed E-state index contributed by atoms with van der Waals surface area (Å²) in [6.07, 6.45) is 8.12. The van der Waals surface area contributed by atoms with Crippen LogP contribution < -0.4 is 11.1 Å². The molecule has 1 aliphatic carbocycles. The average molecular weight is 279 g/mol. The normalized spacial score (nSPS) is 14.5. The van der Waals surface area contributed by atoms with E-state index in [-0.39, 0.29) is 0 Å². The fraction of sp³-hybridized carbons (Fsp3) is 0.250. The van der Waals surface area contributed by atoms with Gasteiger partial charge in [-0.3, -0.25) is 4.40 Å². The molecule has 0 bridgehead atoms. The molecule has 0 unspecified atom stereocenters. The van der Waals surface area contributed by atoms with Crippen molar-refractivity contribution < 1.29 is 0 Å². The van der Waals surface area contributed by atoms with E-state index in [1.54, 1.807) is 0 Å². The Kier molecular flexibility index (Phi) is 2.60. The fourth-order valence-electron chi connectivity index (χ4n) is 2.62. The van der Waals surface area contributed by atoms with Gasteiger partial charge in [0.25, 0.3) is 0 Å². The SMILES string of the molecule is Cc1cc(N)ccc1-c1cnc(NC2CC2)c2nccn12. The van der Waals surface area contributed by atoms with Crippen LogP contribution in [0.1, 0.15) is 18.4 Å². The first-order valence-electron chi connectivity index (χ1n) is 7.17. The minimum absolute atomic E-state index is 0.558. The van der Waals surface area contributed by atoms with Gasteiger partial charge in [0, 0.05) is 29.7 Å². The van der Waals surface area contributed by atoms with E-state index in [1.165, 1.54) is 12.8 Å². The molecule has 5 heteroatoms. The van der Waals surface area contributed by atoms with Crippen LogP contribution in [-0.2, 0) is 0 Å². The topological polar surface area (TPSA) is 68.2 Å². The van der Waals surface area contributed by atoms with E-state index >= 15 is 0 Å². The number of rotatable bonds is 3. The molecule has 5 nitrogen and oxygen atoms in total. The third-order valence-corrected chi connectivity index (χ3v) is 3.87. The minimum atomic E-state index is 0.558. The average Bonchev–Trinajstić information content (AvgIpc) is 3.13. The van der Waals surface area contributed by atoms with Crippen LogP contribution in [0.2, 0.25) is 0 Å². The van der Waals surface area contributed by atoms with E-state index in [4.69, 9.17) is 5.73 Å². The van der Waals surface area contributed by atoms with Crippen LogP contribution in [0.25, 0.3) is 16.9 Å². The van der Waals surface area contributed by atoms with Crippen molar-refractivity contribution in [1.82, 2.24) is 14.4 Å². The van der Waals surface area contributed by atoms with Gasteiger partial charge in [-0.1, -0.05) is 6.07 Å². The van der Waals surface area contributed by atoms with E-state index in [1.807, 2.05) is 36.8 Å². The van der Waals surface area contributed by atoms with Crippen LogP contribution in [0.5, 0.6) is 0 Å². The molecular weight excluding hydrogens is 262 g/mol. The maximum Gasteiger partial charge on any atom is 0.180 e. The number of nitrogens with one attached hydrogen (secondary N) is 1. The molecule has 0 saturated heterocycles. The molecule has 1 aromatic carbocycles. The zero-order valence-electron chi connectivity index (χ0n) is 11.9. The predicted octanol–water partition coefficient (Wildman–Crippen LogP) is 2.86. The molecule has 3 N–H and O–H groups in total. The number of hydrogen-bond donors (Lipinski definition) is 2. The number of anilines is 2. The van der Waals surface area contributed by atoms with Gasteiger partial charge in [0.2, 0.25) is 0 Å². The summed E-state index contributed by atoms with van der Waals surface area (Å²) in [5.74, 6) is 0.861. The number of nitrogen functional groups attached to an aromatic ring is 1. The smallest absolute Gasteiger partial charge is 0.180 e. The maximum atomic E-state index is 5.84. The summed E-state index contributed by atoms with van der Waals surface area (Å²) in [6, 6.07) is 6.49. The molecule has 106 valence electrons. The second-order valence-electron chi connectivity index (χ2n) is 5.61. The fourth-order valence-corrected chi connectivity index (χ4v) is 2.62. The summed E-state index contributed by atoms with van der Waals surface area (Å²) in [5, 5.41) is 3.43. The van der Waals surface area contributed by atoms with Gasteiger partial charge in [0.05, 0.1) is 11.9 Å². The first-order valence-corrected chi connectivity index (χ1v) is 7.17. The van der Waals surface area contributed by atoms with Crippen molar-refractivity contribution in [2.24, 2.45) is 0 Å². The van der Waals surface area contributed by atoms with Crippen molar-refractivity contribution in [1.29, 1.82) is 0 Å². The van der Waals surface area contributed by atoms with E-state index in [0.717, 1.165) is 34.0 Å². The molecule has 1 saturated carbocycles. The monoisotopic (exact) mass is 279 g/mol. The van der Waals surface area contributed by atoms with Gasteiger partial charge < -0.3 is 11.1 Å². The van der Waals surface area contributed by atoms with E-state index in [9.17, 15) is 0 Å². The maximum absolute atomic E-state index is 5.84. The molecular formula is C16H17N5. The van der Waals surface area contributed by atoms with E-state index in [0.29, 0.717) is 6.04 Å². The molecule has 1 aliphatic rings. The van der Waals surface area contributed by atoms with Crippen molar-refractivity contribution >= 4 is 17.2 Å². The zero-order valence-corrected chi connectivity index (χ0v) is 11.9. The van der Waals surface area contributed by atoms with Crippen LogP contribution in [0.3, 0.4) is 0 Å². The van der Waals surface area contributed by atoms with E-state index in [2.05, 4.69) is 26.6 Å². The minimum Gasteiger partial charge on any atom is -0.399 e. The number of nitrogens with two attached hydrogens (primary N) is 1. The Morgan fingerprint density at radius 1 is 1.29 bits per heavy atom. The summed E-state index contributed by atoms with van der Waals surface area (Å²) in [5.41, 5.74) is 10.8. The summed E-state index contributed by atoms with van der Waals surface area (Å²) in [7, 11) is 0. The van der Waals surface area contributed by atoms with Crippen LogP contribution >= 0.6 is 0 Å². The van der Waals surface area contributed by atoms with Crippen LogP contribution in [0, 0.1) is 6.92 Å². The molecule has 0 amide bonds. The lowest BCUT2D eigenvalue weighted by atomic mass is 10.1. The number of benzene rings is 1. The van der Waals surface area contributed by atoms with Crippen molar-refractivity contribution in [3.8, 4) is 11.3 Å². The third-order valence-electron chi connectivity index (χ3n) is 3.87. The number of nitrogens with zero attached hydrogens (tertiary/aromatic N) is 3. The second-order valence-corrected chi connectivity index (χ2v) is 5.61. The largest absolute Gasteiger partial charge is 0.399 e. The number of fused-ring (bicyclic) bond motifs is 1. The van der Waals surface area contributed by atoms with Crippen LogP contribution in [-0.4, -0.2) is 20.4 Å². The highest BCUT2D eigenvalue weighted by Crippen LogP contribution is 2.29. The summed E-state index contributed by atoms with van der Waals surface area (Å²) >= 11 is 0. The van der Waals surface area contributed by atoms with Gasteiger partial charge in [-0.15, -0.1) is 0 Å². The lowest BCUT2D eigenvalue weighted by Gasteiger charge is -2.12. The van der Waals surface area contributed by atoms with Gasteiger partial charge >= 0.3 is 0 Å². The Balaban J connectivity index is 1.87. The van der Waals surface area contributed by atoms with Gasteiger partial charge in [0.15, 0.2) is 11.5 Å². The van der Waals surface area contributed by atoms with Gasteiger partial charge in [0.1, 0.15) is 0 Å². The Labute approximate surface area is 122 Å².